The third-order valence-electron chi connectivity index (χ3n) is 4.94. The van der Waals surface area contributed by atoms with E-state index in [1.807, 2.05) is 12.1 Å². The second-order valence-corrected chi connectivity index (χ2v) is 7.00. The molecule has 8 heteroatoms. The van der Waals surface area contributed by atoms with Crippen LogP contribution in [0.25, 0.3) is 0 Å². The van der Waals surface area contributed by atoms with Crippen LogP contribution in [0.2, 0.25) is 0 Å². The number of hydrogen-bond acceptors (Lipinski definition) is 7. The molecule has 0 aliphatic carbocycles. The van der Waals surface area contributed by atoms with Crippen molar-refractivity contribution in [3.8, 4) is 11.9 Å². The van der Waals surface area contributed by atoms with Crippen molar-refractivity contribution in [3.05, 3.63) is 87.2 Å². The lowest BCUT2D eigenvalue weighted by atomic mass is 10.0. The number of pyridine rings is 1. The van der Waals surface area contributed by atoms with E-state index in [1.54, 1.807) is 48.5 Å². The Hall–Kier alpha value is -4.09. The van der Waals surface area contributed by atoms with E-state index < -0.39 is 11.4 Å². The number of carbonyl (C=O) groups excluding carboxylic acids is 1. The number of azo groups is 1. The zero-order chi connectivity index (χ0) is 23.1. The van der Waals surface area contributed by atoms with Crippen LogP contribution in [0.3, 0.4) is 0 Å². The largest absolute Gasteiger partial charge is 0.493 e. The standard InChI is InChI=1S/C24H22N4O4/c1-16-19(15-25)23(30)28(13-8-14-32-2)24(31)21(16)27-26-20-12-7-6-11-18(20)22(29)17-9-4-3-5-10-17/h3-7,9-12,30H,8,13-14H2,1-2H3. The van der Waals surface area contributed by atoms with Gasteiger partial charge in [0.05, 0.1) is 11.3 Å². The van der Waals surface area contributed by atoms with Crippen molar-refractivity contribution in [3.63, 3.8) is 0 Å². The van der Waals surface area contributed by atoms with Crippen LogP contribution in [-0.2, 0) is 11.3 Å². The predicted octanol–water partition coefficient (Wildman–Crippen LogP) is 4.42. The van der Waals surface area contributed by atoms with Crippen LogP contribution in [0.15, 0.2) is 69.6 Å². The predicted molar refractivity (Wildman–Crippen MR) is 119 cm³/mol. The zero-order valence-corrected chi connectivity index (χ0v) is 17.8. The van der Waals surface area contributed by atoms with Crippen molar-refractivity contribution >= 4 is 17.2 Å². The van der Waals surface area contributed by atoms with Gasteiger partial charge in [-0.25, -0.2) is 0 Å². The van der Waals surface area contributed by atoms with E-state index in [9.17, 15) is 20.0 Å². The molecular formula is C24H22N4O4. The van der Waals surface area contributed by atoms with Gasteiger partial charge < -0.3 is 9.84 Å². The van der Waals surface area contributed by atoms with Gasteiger partial charge in [0.1, 0.15) is 11.6 Å². The smallest absolute Gasteiger partial charge is 0.281 e. The molecule has 2 aromatic carbocycles. The van der Waals surface area contributed by atoms with E-state index in [-0.39, 0.29) is 34.8 Å². The molecule has 0 radical (unpaired) electrons. The summed E-state index contributed by atoms with van der Waals surface area (Å²) < 4.78 is 6.08. The summed E-state index contributed by atoms with van der Waals surface area (Å²) in [6, 6.07) is 17.4. The molecule has 8 nitrogen and oxygen atoms in total. The molecule has 1 N–H and O–H groups in total. The number of hydrogen-bond donors (Lipinski definition) is 1. The Kier molecular flexibility index (Phi) is 7.26. The first kappa shape index (κ1) is 22.6. The molecule has 0 aliphatic heterocycles. The van der Waals surface area contributed by atoms with Gasteiger partial charge in [-0.15, -0.1) is 10.2 Å². The average molecular weight is 430 g/mol. The number of benzene rings is 2. The number of rotatable bonds is 8. The molecule has 0 spiro atoms. The van der Waals surface area contributed by atoms with Crippen molar-refractivity contribution in [2.45, 2.75) is 19.9 Å². The minimum atomic E-state index is -0.578. The fourth-order valence-electron chi connectivity index (χ4n) is 3.23. The lowest BCUT2D eigenvalue weighted by Crippen LogP contribution is -2.22. The van der Waals surface area contributed by atoms with Crippen molar-refractivity contribution < 1.29 is 14.6 Å². The Morgan fingerprint density at radius 2 is 1.81 bits per heavy atom. The van der Waals surface area contributed by atoms with Crippen LogP contribution in [0.1, 0.15) is 33.5 Å². The Balaban J connectivity index is 2.06. The summed E-state index contributed by atoms with van der Waals surface area (Å²) in [7, 11) is 1.53. The van der Waals surface area contributed by atoms with Crippen LogP contribution < -0.4 is 5.56 Å². The lowest BCUT2D eigenvalue weighted by molar-refractivity contribution is 0.103. The second-order valence-electron chi connectivity index (χ2n) is 7.00. The van der Waals surface area contributed by atoms with Crippen LogP contribution in [0.4, 0.5) is 11.4 Å². The summed E-state index contributed by atoms with van der Waals surface area (Å²) in [6.07, 6.45) is 0.461. The normalized spacial score (nSPS) is 10.9. The van der Waals surface area contributed by atoms with Gasteiger partial charge in [-0.3, -0.25) is 14.2 Å². The maximum atomic E-state index is 13.0. The van der Waals surface area contributed by atoms with Gasteiger partial charge in [-0.1, -0.05) is 42.5 Å². The minimum Gasteiger partial charge on any atom is -0.493 e. The van der Waals surface area contributed by atoms with Gasteiger partial charge in [-0.05, 0) is 25.5 Å². The topological polar surface area (TPSA) is 117 Å². The SMILES string of the molecule is COCCCn1c(O)c(C#N)c(C)c(N=Nc2ccccc2C(=O)c2ccccc2)c1=O. The Morgan fingerprint density at radius 1 is 1.12 bits per heavy atom. The molecule has 0 atom stereocenters. The van der Waals surface area contributed by atoms with Crippen LogP contribution in [0, 0.1) is 18.3 Å². The van der Waals surface area contributed by atoms with Gasteiger partial charge >= 0.3 is 0 Å². The number of aromatic nitrogens is 1. The highest BCUT2D eigenvalue weighted by Crippen LogP contribution is 2.28. The molecule has 0 unspecified atom stereocenters. The molecule has 0 aliphatic rings. The quantitative estimate of drug-likeness (QED) is 0.323. The highest BCUT2D eigenvalue weighted by molar-refractivity contribution is 6.11. The molecule has 1 heterocycles. The Labute approximate surface area is 185 Å². The minimum absolute atomic E-state index is 0.0513. The molecule has 3 aromatic rings. The first-order valence-corrected chi connectivity index (χ1v) is 9.95. The molecule has 162 valence electrons. The van der Waals surface area contributed by atoms with E-state index in [0.29, 0.717) is 24.2 Å². The number of aromatic hydroxyl groups is 1. The van der Waals surface area contributed by atoms with E-state index >= 15 is 0 Å². The highest BCUT2D eigenvalue weighted by Gasteiger charge is 2.19. The number of ether oxygens (including phenoxy) is 1. The summed E-state index contributed by atoms with van der Waals surface area (Å²) in [4.78, 5) is 25.9. The molecule has 0 bridgehead atoms. The summed E-state index contributed by atoms with van der Waals surface area (Å²) in [5.74, 6) is -0.637. The third kappa shape index (κ3) is 4.63. The molecule has 1 aromatic heterocycles. The van der Waals surface area contributed by atoms with Crippen molar-refractivity contribution in [1.29, 1.82) is 5.26 Å². The molecule has 32 heavy (non-hydrogen) atoms. The zero-order valence-electron chi connectivity index (χ0n) is 17.8. The Morgan fingerprint density at radius 3 is 2.50 bits per heavy atom. The van der Waals surface area contributed by atoms with Crippen LogP contribution in [-0.4, -0.2) is 29.2 Å². The molecular weight excluding hydrogens is 408 g/mol. The van der Waals surface area contributed by atoms with Gasteiger partial charge in [0.2, 0.25) is 5.88 Å². The van der Waals surface area contributed by atoms with E-state index in [4.69, 9.17) is 4.74 Å². The second kappa shape index (κ2) is 10.3. The summed E-state index contributed by atoms with van der Waals surface area (Å²) in [5, 5.41) is 28.1. The lowest BCUT2D eigenvalue weighted by Gasteiger charge is -2.12. The number of methoxy groups -OCH3 is 1. The average Bonchev–Trinajstić information content (AvgIpc) is 2.82. The highest BCUT2D eigenvalue weighted by atomic mass is 16.5. The van der Waals surface area contributed by atoms with Crippen molar-refractivity contribution in [2.75, 3.05) is 13.7 Å². The van der Waals surface area contributed by atoms with Gasteiger partial charge in [-0.2, -0.15) is 5.26 Å². The maximum absolute atomic E-state index is 13.0. The van der Waals surface area contributed by atoms with Crippen LogP contribution in [0.5, 0.6) is 5.88 Å². The summed E-state index contributed by atoms with van der Waals surface area (Å²) >= 11 is 0. The molecule has 0 amide bonds. The number of nitrogens with zero attached hydrogens (tertiary/aromatic N) is 4. The fraction of sp³-hybridized carbons (Fsp3) is 0.208. The number of carbonyl (C=O) groups is 1. The molecule has 0 saturated carbocycles. The van der Waals surface area contributed by atoms with Crippen molar-refractivity contribution in [2.24, 2.45) is 10.2 Å². The van der Waals surface area contributed by atoms with Crippen LogP contribution >= 0.6 is 0 Å². The molecule has 0 saturated heterocycles. The van der Waals surface area contributed by atoms with Gasteiger partial charge in [0.15, 0.2) is 11.5 Å². The first-order valence-electron chi connectivity index (χ1n) is 9.95. The molecule has 0 fully saturated rings. The van der Waals surface area contributed by atoms with E-state index in [1.165, 1.54) is 14.0 Å². The Bertz CT molecular complexity index is 1260. The number of nitriles is 1. The maximum Gasteiger partial charge on any atom is 0.281 e. The van der Waals surface area contributed by atoms with Gasteiger partial charge in [0, 0.05) is 31.4 Å². The monoisotopic (exact) mass is 430 g/mol. The van der Waals surface area contributed by atoms with Gasteiger partial charge in [0.25, 0.3) is 5.56 Å². The van der Waals surface area contributed by atoms with E-state index in [2.05, 4.69) is 10.2 Å². The molecule has 3 rings (SSSR count). The summed E-state index contributed by atoms with van der Waals surface area (Å²) in [6.45, 7) is 2.06. The number of ketones is 1. The summed E-state index contributed by atoms with van der Waals surface area (Å²) in [5.41, 5.74) is 0.642. The van der Waals surface area contributed by atoms with Crippen molar-refractivity contribution in [1.82, 2.24) is 4.57 Å². The fourth-order valence-corrected chi connectivity index (χ4v) is 3.23. The first-order chi connectivity index (χ1) is 15.5. The van der Waals surface area contributed by atoms with E-state index in [0.717, 1.165) is 4.57 Å². The third-order valence-corrected chi connectivity index (χ3v) is 4.94.